The summed E-state index contributed by atoms with van der Waals surface area (Å²) in [6.07, 6.45) is 3.69. The molecular formula is C21H30N2O5. The van der Waals surface area contributed by atoms with E-state index in [1.807, 2.05) is 24.3 Å². The Morgan fingerprint density at radius 1 is 1.21 bits per heavy atom. The molecule has 2 aliphatic heterocycles. The van der Waals surface area contributed by atoms with Crippen molar-refractivity contribution in [1.82, 2.24) is 9.80 Å². The van der Waals surface area contributed by atoms with Gasteiger partial charge in [-0.25, -0.2) is 0 Å². The molecular weight excluding hydrogens is 360 g/mol. The highest BCUT2D eigenvalue weighted by atomic mass is 16.5. The summed E-state index contributed by atoms with van der Waals surface area (Å²) in [5, 5.41) is 10.5. The summed E-state index contributed by atoms with van der Waals surface area (Å²) in [7, 11) is 1.61. The Morgan fingerprint density at radius 2 is 1.96 bits per heavy atom. The van der Waals surface area contributed by atoms with Gasteiger partial charge >= 0.3 is 0 Å². The monoisotopic (exact) mass is 390 g/mol. The molecule has 0 spiro atoms. The van der Waals surface area contributed by atoms with Crippen molar-refractivity contribution in [3.63, 3.8) is 0 Å². The zero-order valence-electron chi connectivity index (χ0n) is 16.5. The number of carbonyl (C=O) groups excluding carboxylic acids is 1. The highest BCUT2D eigenvalue weighted by Crippen LogP contribution is 2.23. The summed E-state index contributed by atoms with van der Waals surface area (Å²) in [5.41, 5.74) is 0. The maximum atomic E-state index is 12.5. The van der Waals surface area contributed by atoms with Crippen LogP contribution in [0.5, 0.6) is 11.5 Å². The number of rotatable bonds is 6. The third kappa shape index (κ3) is 5.95. The number of hydrogen-bond donors (Lipinski definition) is 1. The van der Waals surface area contributed by atoms with Gasteiger partial charge in [-0.3, -0.25) is 9.69 Å². The van der Waals surface area contributed by atoms with Gasteiger partial charge in [0, 0.05) is 51.3 Å². The predicted molar refractivity (Wildman–Crippen MR) is 106 cm³/mol. The second-order valence-corrected chi connectivity index (χ2v) is 7.12. The molecule has 7 nitrogen and oxygen atoms in total. The maximum absolute atomic E-state index is 12.5. The molecule has 28 heavy (non-hydrogen) atoms. The van der Waals surface area contributed by atoms with E-state index in [9.17, 15) is 9.90 Å². The van der Waals surface area contributed by atoms with Gasteiger partial charge in [0.25, 0.3) is 0 Å². The standard InChI is InChI=1S/C21H30N2O5/c1-26-17-4-2-5-18(16-17)28-20-8-11-23(10-7-19(20)24)21(25)6-3-9-22-12-14-27-15-13-22/h2-6,16,19-20,24H,7-15H2,1H3/b6-3+/t19-,20-/m0/s1. The first-order valence-electron chi connectivity index (χ1n) is 9.90. The molecule has 0 saturated carbocycles. The molecule has 0 radical (unpaired) electrons. The van der Waals surface area contributed by atoms with E-state index >= 15 is 0 Å². The van der Waals surface area contributed by atoms with E-state index in [0.717, 1.165) is 32.8 Å². The SMILES string of the molecule is COc1cccc(O[C@H]2CCN(C(=O)/C=C/CN3CCOCC3)CC[C@@H]2O)c1. The number of amides is 1. The van der Waals surface area contributed by atoms with Gasteiger partial charge in [-0.1, -0.05) is 12.1 Å². The van der Waals surface area contributed by atoms with Crippen LogP contribution < -0.4 is 9.47 Å². The number of benzene rings is 1. The first-order chi connectivity index (χ1) is 13.7. The van der Waals surface area contributed by atoms with E-state index in [-0.39, 0.29) is 12.0 Å². The summed E-state index contributed by atoms with van der Waals surface area (Å²) in [5.74, 6) is 1.36. The molecule has 0 aliphatic carbocycles. The second-order valence-electron chi connectivity index (χ2n) is 7.12. The second kappa shape index (κ2) is 10.5. The Labute approximate surface area is 166 Å². The van der Waals surface area contributed by atoms with Crippen LogP contribution in [0.4, 0.5) is 0 Å². The number of hydrogen-bond acceptors (Lipinski definition) is 6. The van der Waals surface area contributed by atoms with Crippen LogP contribution in [0, 0.1) is 0 Å². The van der Waals surface area contributed by atoms with Crippen molar-refractivity contribution in [2.24, 2.45) is 0 Å². The Balaban J connectivity index is 1.50. The van der Waals surface area contributed by atoms with Crippen LogP contribution in [0.3, 0.4) is 0 Å². The minimum Gasteiger partial charge on any atom is -0.497 e. The minimum absolute atomic E-state index is 0.0116. The molecule has 1 amide bonds. The number of carbonyl (C=O) groups is 1. The fraction of sp³-hybridized carbons (Fsp3) is 0.571. The van der Waals surface area contributed by atoms with Crippen LogP contribution in [0.1, 0.15) is 12.8 Å². The maximum Gasteiger partial charge on any atom is 0.246 e. The summed E-state index contributed by atoms with van der Waals surface area (Å²) in [6, 6.07) is 7.35. The van der Waals surface area contributed by atoms with E-state index in [4.69, 9.17) is 14.2 Å². The van der Waals surface area contributed by atoms with Crippen LogP contribution in [0.2, 0.25) is 0 Å². The lowest BCUT2D eigenvalue weighted by atomic mass is 10.1. The van der Waals surface area contributed by atoms with Crippen LogP contribution in [0.25, 0.3) is 0 Å². The van der Waals surface area contributed by atoms with Gasteiger partial charge in [-0.05, 0) is 18.6 Å². The van der Waals surface area contributed by atoms with E-state index in [1.54, 1.807) is 24.2 Å². The zero-order valence-corrected chi connectivity index (χ0v) is 16.5. The van der Waals surface area contributed by atoms with Gasteiger partial charge in [0.05, 0.1) is 26.4 Å². The fourth-order valence-electron chi connectivity index (χ4n) is 3.46. The average Bonchev–Trinajstić information content (AvgIpc) is 2.91. The Hall–Kier alpha value is -2.09. The number of aliphatic hydroxyl groups is 1. The largest absolute Gasteiger partial charge is 0.497 e. The minimum atomic E-state index is -0.610. The highest BCUT2D eigenvalue weighted by molar-refractivity contribution is 5.87. The predicted octanol–water partition coefficient (Wildman–Crippen LogP) is 1.31. The number of likely N-dealkylation sites (tertiary alicyclic amines) is 1. The molecule has 2 saturated heterocycles. The highest BCUT2D eigenvalue weighted by Gasteiger charge is 2.27. The van der Waals surface area contributed by atoms with Crippen molar-refractivity contribution in [2.45, 2.75) is 25.0 Å². The smallest absolute Gasteiger partial charge is 0.246 e. The van der Waals surface area contributed by atoms with Crippen LogP contribution in [-0.4, -0.2) is 86.1 Å². The molecule has 0 unspecified atom stereocenters. The van der Waals surface area contributed by atoms with Crippen molar-refractivity contribution < 1.29 is 24.1 Å². The van der Waals surface area contributed by atoms with Crippen molar-refractivity contribution >= 4 is 5.91 Å². The van der Waals surface area contributed by atoms with Gasteiger partial charge in [-0.15, -0.1) is 0 Å². The van der Waals surface area contributed by atoms with Gasteiger partial charge in [-0.2, -0.15) is 0 Å². The quantitative estimate of drug-likeness (QED) is 0.739. The lowest BCUT2D eigenvalue weighted by molar-refractivity contribution is -0.126. The van der Waals surface area contributed by atoms with Crippen molar-refractivity contribution in [3.05, 3.63) is 36.4 Å². The lowest BCUT2D eigenvalue weighted by Gasteiger charge is -2.25. The molecule has 1 aromatic rings. The molecule has 2 aliphatic rings. The normalized spacial score (nSPS) is 24.1. The Kier molecular flexibility index (Phi) is 7.71. The molecule has 1 N–H and O–H groups in total. The number of morpholine rings is 1. The van der Waals surface area contributed by atoms with E-state index in [2.05, 4.69) is 4.90 Å². The summed E-state index contributed by atoms with van der Waals surface area (Å²) >= 11 is 0. The van der Waals surface area contributed by atoms with Crippen molar-refractivity contribution in [2.75, 3.05) is 53.0 Å². The first-order valence-corrected chi connectivity index (χ1v) is 9.90. The van der Waals surface area contributed by atoms with Crippen LogP contribution in [0.15, 0.2) is 36.4 Å². The van der Waals surface area contributed by atoms with E-state index in [1.165, 1.54) is 0 Å². The number of methoxy groups -OCH3 is 1. The number of aliphatic hydroxyl groups excluding tert-OH is 1. The Bertz CT molecular complexity index is 660. The molecule has 0 bridgehead atoms. The fourth-order valence-corrected chi connectivity index (χ4v) is 3.46. The van der Waals surface area contributed by atoms with Crippen molar-refractivity contribution in [3.8, 4) is 11.5 Å². The molecule has 2 heterocycles. The molecule has 154 valence electrons. The summed E-state index contributed by atoms with van der Waals surface area (Å²) in [4.78, 5) is 16.6. The molecule has 1 aromatic carbocycles. The molecule has 2 atom stereocenters. The molecule has 7 heteroatoms. The van der Waals surface area contributed by atoms with Gasteiger partial charge < -0.3 is 24.2 Å². The lowest BCUT2D eigenvalue weighted by Crippen LogP contribution is -2.36. The van der Waals surface area contributed by atoms with E-state index in [0.29, 0.717) is 37.4 Å². The zero-order chi connectivity index (χ0) is 19.8. The number of ether oxygens (including phenoxy) is 3. The van der Waals surface area contributed by atoms with Crippen molar-refractivity contribution in [1.29, 1.82) is 0 Å². The topological polar surface area (TPSA) is 71.5 Å². The average molecular weight is 390 g/mol. The third-order valence-electron chi connectivity index (χ3n) is 5.18. The van der Waals surface area contributed by atoms with Crippen LogP contribution in [-0.2, 0) is 9.53 Å². The summed E-state index contributed by atoms with van der Waals surface area (Å²) < 4.78 is 16.5. The first kappa shape index (κ1) is 20.6. The van der Waals surface area contributed by atoms with Crippen LogP contribution >= 0.6 is 0 Å². The number of nitrogens with zero attached hydrogens (tertiary/aromatic N) is 2. The molecule has 2 fully saturated rings. The van der Waals surface area contributed by atoms with Gasteiger partial charge in [0.1, 0.15) is 17.6 Å². The molecule has 0 aromatic heterocycles. The third-order valence-corrected chi connectivity index (χ3v) is 5.18. The summed E-state index contributed by atoms with van der Waals surface area (Å²) in [6.45, 7) is 5.15. The van der Waals surface area contributed by atoms with E-state index < -0.39 is 6.10 Å². The molecule has 3 rings (SSSR count). The Morgan fingerprint density at radius 3 is 2.75 bits per heavy atom. The van der Waals surface area contributed by atoms with Gasteiger partial charge in [0.2, 0.25) is 5.91 Å². The van der Waals surface area contributed by atoms with Gasteiger partial charge in [0.15, 0.2) is 0 Å².